The van der Waals surface area contributed by atoms with Crippen LogP contribution in [0.5, 0.6) is 5.75 Å². The van der Waals surface area contributed by atoms with Crippen molar-refractivity contribution in [1.82, 2.24) is 15.2 Å². The Morgan fingerprint density at radius 2 is 2.37 bits per heavy atom. The van der Waals surface area contributed by atoms with Crippen molar-refractivity contribution >= 4 is 11.8 Å². The SMILES string of the molecule is Cc1nc(SCc2cc(F)cc3c2OCOC3)n[nH]1. The Hall–Kier alpha value is -1.60. The first kappa shape index (κ1) is 12.4. The van der Waals surface area contributed by atoms with E-state index in [1.807, 2.05) is 6.92 Å². The third-order valence-electron chi connectivity index (χ3n) is 2.69. The number of benzene rings is 1. The fourth-order valence-corrected chi connectivity index (χ4v) is 2.70. The zero-order valence-corrected chi connectivity index (χ0v) is 11.1. The van der Waals surface area contributed by atoms with E-state index in [1.165, 1.54) is 23.9 Å². The van der Waals surface area contributed by atoms with Crippen LogP contribution in [0.25, 0.3) is 0 Å². The Bertz CT molecular complexity index is 603. The first-order valence-corrected chi connectivity index (χ1v) is 6.74. The summed E-state index contributed by atoms with van der Waals surface area (Å²) in [7, 11) is 0. The van der Waals surface area contributed by atoms with Gasteiger partial charge in [-0.3, -0.25) is 5.10 Å². The molecule has 0 saturated carbocycles. The Labute approximate surface area is 113 Å². The number of H-pyrrole nitrogens is 1. The maximum absolute atomic E-state index is 13.5. The molecule has 1 aliphatic rings. The highest BCUT2D eigenvalue weighted by molar-refractivity contribution is 7.98. The summed E-state index contributed by atoms with van der Waals surface area (Å²) in [6.45, 7) is 2.42. The molecule has 1 N–H and O–H groups in total. The molecule has 5 nitrogen and oxygen atoms in total. The van der Waals surface area contributed by atoms with Crippen LogP contribution in [-0.4, -0.2) is 22.0 Å². The molecule has 0 fully saturated rings. The number of aromatic amines is 1. The number of nitrogens with zero attached hydrogens (tertiary/aromatic N) is 2. The molecule has 0 bridgehead atoms. The van der Waals surface area contributed by atoms with Crippen LogP contribution in [0.1, 0.15) is 17.0 Å². The molecule has 3 rings (SSSR count). The van der Waals surface area contributed by atoms with Crippen molar-refractivity contribution in [2.45, 2.75) is 24.4 Å². The van der Waals surface area contributed by atoms with Crippen LogP contribution in [0.3, 0.4) is 0 Å². The number of nitrogens with one attached hydrogen (secondary N) is 1. The summed E-state index contributed by atoms with van der Waals surface area (Å²) in [5.41, 5.74) is 1.54. The van der Waals surface area contributed by atoms with Crippen molar-refractivity contribution < 1.29 is 13.9 Å². The molecule has 1 aromatic carbocycles. The van der Waals surface area contributed by atoms with Gasteiger partial charge in [-0.2, -0.15) is 0 Å². The lowest BCUT2D eigenvalue weighted by Gasteiger charge is -2.20. The van der Waals surface area contributed by atoms with Gasteiger partial charge in [-0.15, -0.1) is 5.10 Å². The third kappa shape index (κ3) is 2.71. The van der Waals surface area contributed by atoms with Crippen molar-refractivity contribution in [2.75, 3.05) is 6.79 Å². The Morgan fingerprint density at radius 3 is 3.16 bits per heavy atom. The van der Waals surface area contributed by atoms with Crippen LogP contribution in [0.4, 0.5) is 4.39 Å². The van der Waals surface area contributed by atoms with Crippen LogP contribution in [0.15, 0.2) is 17.3 Å². The van der Waals surface area contributed by atoms with Crippen molar-refractivity contribution in [3.05, 3.63) is 34.9 Å². The van der Waals surface area contributed by atoms with Crippen molar-refractivity contribution in [3.63, 3.8) is 0 Å². The summed E-state index contributed by atoms with van der Waals surface area (Å²) in [4.78, 5) is 4.20. The molecule has 0 saturated heterocycles. The molecule has 0 spiro atoms. The zero-order chi connectivity index (χ0) is 13.2. The number of halogens is 1. The second-order valence-corrected chi connectivity index (χ2v) is 5.10. The van der Waals surface area contributed by atoms with Crippen LogP contribution in [0, 0.1) is 12.7 Å². The predicted octanol–water partition coefficient (Wildman–Crippen LogP) is 2.41. The van der Waals surface area contributed by atoms with Crippen LogP contribution in [-0.2, 0) is 17.1 Å². The first-order chi connectivity index (χ1) is 9.22. The monoisotopic (exact) mass is 281 g/mol. The molecule has 100 valence electrons. The number of hydrogen-bond donors (Lipinski definition) is 1. The summed E-state index contributed by atoms with van der Waals surface area (Å²) in [6.07, 6.45) is 0. The van der Waals surface area contributed by atoms with E-state index in [-0.39, 0.29) is 12.6 Å². The number of aromatic nitrogens is 3. The molecule has 19 heavy (non-hydrogen) atoms. The Kier molecular flexibility index (Phi) is 3.39. The number of ether oxygens (including phenoxy) is 2. The van der Waals surface area contributed by atoms with Crippen LogP contribution >= 0.6 is 11.8 Å². The van der Waals surface area contributed by atoms with E-state index in [1.54, 1.807) is 0 Å². The van der Waals surface area contributed by atoms with Gasteiger partial charge in [0, 0.05) is 16.9 Å². The van der Waals surface area contributed by atoms with E-state index in [9.17, 15) is 4.39 Å². The number of fused-ring (bicyclic) bond motifs is 1. The maximum Gasteiger partial charge on any atom is 0.208 e. The van der Waals surface area contributed by atoms with E-state index in [2.05, 4.69) is 15.2 Å². The second kappa shape index (κ2) is 5.18. The number of thioether (sulfide) groups is 1. The lowest BCUT2D eigenvalue weighted by molar-refractivity contribution is -0.0171. The van der Waals surface area contributed by atoms with Gasteiger partial charge in [0.2, 0.25) is 5.16 Å². The molecule has 7 heteroatoms. The van der Waals surface area contributed by atoms with Gasteiger partial charge in [-0.1, -0.05) is 11.8 Å². The average molecular weight is 281 g/mol. The summed E-state index contributed by atoms with van der Waals surface area (Å²) >= 11 is 1.43. The Morgan fingerprint density at radius 1 is 1.47 bits per heavy atom. The van der Waals surface area contributed by atoms with E-state index in [4.69, 9.17) is 9.47 Å². The lowest BCUT2D eigenvalue weighted by Crippen LogP contribution is -2.13. The summed E-state index contributed by atoms with van der Waals surface area (Å²) in [5, 5.41) is 7.45. The summed E-state index contributed by atoms with van der Waals surface area (Å²) < 4.78 is 24.1. The van der Waals surface area contributed by atoms with Gasteiger partial charge in [-0.05, 0) is 19.1 Å². The standard InChI is InChI=1S/C12H12FN3O2S/c1-7-14-12(16-15-7)19-5-9-3-10(13)2-8-4-17-6-18-11(8)9/h2-3H,4-6H2,1H3,(H,14,15,16). The average Bonchev–Trinajstić information content (AvgIpc) is 2.81. The fraction of sp³-hybridized carbons (Fsp3) is 0.333. The van der Waals surface area contributed by atoms with Gasteiger partial charge < -0.3 is 9.47 Å². The molecule has 0 amide bonds. The lowest BCUT2D eigenvalue weighted by atomic mass is 10.1. The number of rotatable bonds is 3. The van der Waals surface area contributed by atoms with Gasteiger partial charge in [0.05, 0.1) is 6.61 Å². The van der Waals surface area contributed by atoms with Crippen molar-refractivity contribution in [3.8, 4) is 5.75 Å². The number of hydrogen-bond acceptors (Lipinski definition) is 5. The van der Waals surface area contributed by atoms with Crippen molar-refractivity contribution in [1.29, 1.82) is 0 Å². The minimum atomic E-state index is -0.283. The van der Waals surface area contributed by atoms with E-state index < -0.39 is 0 Å². The second-order valence-electron chi connectivity index (χ2n) is 4.16. The minimum Gasteiger partial charge on any atom is -0.467 e. The van der Waals surface area contributed by atoms with Crippen molar-refractivity contribution in [2.24, 2.45) is 0 Å². The molecule has 1 aliphatic heterocycles. The molecule has 0 radical (unpaired) electrons. The molecular formula is C12H12FN3O2S. The number of aryl methyl sites for hydroxylation is 1. The topological polar surface area (TPSA) is 60.0 Å². The molecule has 0 unspecified atom stereocenters. The molecule has 0 atom stereocenters. The van der Waals surface area contributed by atoms with Gasteiger partial charge in [-0.25, -0.2) is 9.37 Å². The highest BCUT2D eigenvalue weighted by Gasteiger charge is 2.17. The molecule has 2 aromatic rings. The van der Waals surface area contributed by atoms with Gasteiger partial charge in [0.25, 0.3) is 0 Å². The molecular weight excluding hydrogens is 269 g/mol. The highest BCUT2D eigenvalue weighted by Crippen LogP contribution is 2.33. The normalized spacial score (nSPS) is 14.0. The smallest absolute Gasteiger partial charge is 0.208 e. The molecule has 2 heterocycles. The molecule has 0 aliphatic carbocycles. The first-order valence-electron chi connectivity index (χ1n) is 5.76. The van der Waals surface area contributed by atoms with E-state index in [0.717, 1.165) is 17.0 Å². The quantitative estimate of drug-likeness (QED) is 0.875. The van der Waals surface area contributed by atoms with Gasteiger partial charge >= 0.3 is 0 Å². The predicted molar refractivity (Wildman–Crippen MR) is 67.4 cm³/mol. The summed E-state index contributed by atoms with van der Waals surface area (Å²) in [6, 6.07) is 2.93. The fourth-order valence-electron chi connectivity index (χ4n) is 1.89. The van der Waals surface area contributed by atoms with Crippen LogP contribution in [0.2, 0.25) is 0 Å². The van der Waals surface area contributed by atoms with Crippen LogP contribution < -0.4 is 4.74 Å². The Balaban J connectivity index is 1.82. The highest BCUT2D eigenvalue weighted by atomic mass is 32.2. The van der Waals surface area contributed by atoms with E-state index in [0.29, 0.717) is 23.3 Å². The van der Waals surface area contributed by atoms with Gasteiger partial charge in [0.1, 0.15) is 17.4 Å². The van der Waals surface area contributed by atoms with E-state index >= 15 is 0 Å². The largest absolute Gasteiger partial charge is 0.467 e. The maximum atomic E-state index is 13.5. The zero-order valence-electron chi connectivity index (χ0n) is 10.3. The minimum absolute atomic E-state index is 0.204. The van der Waals surface area contributed by atoms with Gasteiger partial charge in [0.15, 0.2) is 6.79 Å². The molecule has 1 aromatic heterocycles. The summed E-state index contributed by atoms with van der Waals surface area (Å²) in [5.74, 6) is 1.74. The third-order valence-corrected chi connectivity index (χ3v) is 3.58.